The summed E-state index contributed by atoms with van der Waals surface area (Å²) in [5.41, 5.74) is 0.343. The maximum atomic E-state index is 13.9. The number of ether oxygens (including phenoxy) is 1. The van der Waals surface area contributed by atoms with Gasteiger partial charge in [0.2, 0.25) is 0 Å². The first kappa shape index (κ1) is 17.0. The van der Waals surface area contributed by atoms with Crippen LogP contribution in [0.1, 0.15) is 36.5 Å². The van der Waals surface area contributed by atoms with Gasteiger partial charge in [0.15, 0.2) is 11.6 Å². The highest BCUT2D eigenvalue weighted by molar-refractivity contribution is 5.97. The summed E-state index contributed by atoms with van der Waals surface area (Å²) in [6.07, 6.45) is 3.02. The highest BCUT2D eigenvalue weighted by Gasteiger charge is 2.39. The van der Waals surface area contributed by atoms with Crippen molar-refractivity contribution in [1.82, 2.24) is 10.2 Å². The maximum Gasteiger partial charge on any atom is 0.258 e. The molecule has 0 aliphatic carbocycles. The first-order valence-electron chi connectivity index (χ1n) is 7.67. The van der Waals surface area contributed by atoms with Crippen LogP contribution in [0.5, 0.6) is 5.75 Å². The molecule has 0 spiro atoms. The smallest absolute Gasteiger partial charge is 0.258 e. The average molecular weight is 329 g/mol. The molecule has 2 unspecified atom stereocenters. The Bertz CT molecular complexity index is 527. The van der Waals surface area contributed by atoms with Gasteiger partial charge in [-0.2, -0.15) is 0 Å². The van der Waals surface area contributed by atoms with E-state index in [-0.39, 0.29) is 36.1 Å². The summed E-state index contributed by atoms with van der Waals surface area (Å²) in [7, 11) is 0. The highest BCUT2D eigenvalue weighted by atomic mass is 35.5. The summed E-state index contributed by atoms with van der Waals surface area (Å²) in [5.74, 6) is -0.487. The van der Waals surface area contributed by atoms with Crippen LogP contribution in [-0.4, -0.2) is 42.6 Å². The number of hydrogen-bond donors (Lipinski definition) is 1. The highest BCUT2D eigenvalue weighted by Crippen LogP contribution is 2.32. The normalized spacial score (nSPS) is 23.6. The zero-order valence-corrected chi connectivity index (χ0v) is 13.5. The first-order chi connectivity index (χ1) is 10.2. The molecule has 1 aromatic carbocycles. The Hall–Kier alpha value is -1.33. The Morgan fingerprint density at radius 3 is 2.91 bits per heavy atom. The monoisotopic (exact) mass is 328 g/mol. The van der Waals surface area contributed by atoms with Gasteiger partial charge in [-0.05, 0) is 44.9 Å². The Labute approximate surface area is 136 Å². The first-order valence-corrected chi connectivity index (χ1v) is 7.67. The topological polar surface area (TPSA) is 41.6 Å². The number of benzene rings is 1. The summed E-state index contributed by atoms with van der Waals surface area (Å²) >= 11 is 0. The van der Waals surface area contributed by atoms with E-state index in [0.29, 0.717) is 12.2 Å². The summed E-state index contributed by atoms with van der Waals surface area (Å²) in [6.45, 7) is 3.89. The van der Waals surface area contributed by atoms with E-state index < -0.39 is 5.82 Å². The Morgan fingerprint density at radius 1 is 1.36 bits per heavy atom. The molecule has 6 heteroatoms. The number of amides is 1. The molecule has 0 radical (unpaired) electrons. The minimum atomic E-state index is -0.469. The van der Waals surface area contributed by atoms with E-state index in [9.17, 15) is 9.18 Å². The van der Waals surface area contributed by atoms with Crippen LogP contribution in [0.4, 0.5) is 4.39 Å². The molecule has 1 aromatic rings. The molecule has 122 valence electrons. The number of fused-ring (bicyclic) bond motifs is 2. The minimum Gasteiger partial charge on any atom is -0.490 e. The minimum absolute atomic E-state index is 0. The largest absolute Gasteiger partial charge is 0.490 e. The van der Waals surface area contributed by atoms with Crippen LogP contribution in [0.25, 0.3) is 0 Å². The fourth-order valence-corrected chi connectivity index (χ4v) is 3.42. The van der Waals surface area contributed by atoms with Crippen LogP contribution in [0.2, 0.25) is 0 Å². The van der Waals surface area contributed by atoms with Gasteiger partial charge in [-0.25, -0.2) is 4.39 Å². The van der Waals surface area contributed by atoms with Crippen molar-refractivity contribution in [3.63, 3.8) is 0 Å². The van der Waals surface area contributed by atoms with E-state index in [2.05, 4.69) is 5.32 Å². The van der Waals surface area contributed by atoms with Crippen LogP contribution >= 0.6 is 12.4 Å². The fourth-order valence-electron chi connectivity index (χ4n) is 3.42. The van der Waals surface area contributed by atoms with Crippen molar-refractivity contribution >= 4 is 18.3 Å². The number of halogens is 2. The predicted molar refractivity (Wildman–Crippen MR) is 85.3 cm³/mol. The summed E-state index contributed by atoms with van der Waals surface area (Å²) in [4.78, 5) is 14.9. The molecule has 3 rings (SSSR count). The average Bonchev–Trinajstić information content (AvgIpc) is 2.74. The number of para-hydroxylation sites is 1. The van der Waals surface area contributed by atoms with Gasteiger partial charge >= 0.3 is 0 Å². The van der Waals surface area contributed by atoms with Gasteiger partial charge in [0, 0.05) is 18.6 Å². The van der Waals surface area contributed by atoms with Crippen LogP contribution in [0.15, 0.2) is 18.2 Å². The van der Waals surface area contributed by atoms with E-state index in [1.54, 1.807) is 19.1 Å². The maximum absolute atomic E-state index is 13.9. The van der Waals surface area contributed by atoms with E-state index in [1.807, 2.05) is 4.90 Å². The Balaban J connectivity index is 0.00000176. The van der Waals surface area contributed by atoms with Crippen molar-refractivity contribution < 1.29 is 13.9 Å². The molecule has 1 amide bonds. The summed E-state index contributed by atoms with van der Waals surface area (Å²) in [5, 5.41) is 3.37. The van der Waals surface area contributed by atoms with E-state index in [0.717, 1.165) is 32.4 Å². The Morgan fingerprint density at radius 2 is 2.14 bits per heavy atom. The van der Waals surface area contributed by atoms with Gasteiger partial charge in [0.1, 0.15) is 0 Å². The van der Waals surface area contributed by atoms with Gasteiger partial charge in [0.25, 0.3) is 5.91 Å². The number of rotatable bonds is 3. The lowest BCUT2D eigenvalue weighted by Gasteiger charge is -2.28. The van der Waals surface area contributed by atoms with Crippen molar-refractivity contribution in [2.45, 2.75) is 38.3 Å². The molecular formula is C16H22ClFN2O2. The molecule has 2 aliphatic heterocycles. The van der Waals surface area contributed by atoms with Crippen molar-refractivity contribution in [2.24, 2.45) is 0 Å². The molecule has 2 saturated heterocycles. The molecule has 0 saturated carbocycles. The second-order valence-corrected chi connectivity index (χ2v) is 5.64. The van der Waals surface area contributed by atoms with Gasteiger partial charge in [-0.15, -0.1) is 12.4 Å². The van der Waals surface area contributed by atoms with Gasteiger partial charge < -0.3 is 15.0 Å². The van der Waals surface area contributed by atoms with E-state index in [1.165, 1.54) is 6.07 Å². The molecule has 1 N–H and O–H groups in total. The van der Waals surface area contributed by atoms with Crippen LogP contribution < -0.4 is 10.1 Å². The Kier molecular flexibility index (Phi) is 5.64. The molecule has 22 heavy (non-hydrogen) atoms. The lowest BCUT2D eigenvalue weighted by Crippen LogP contribution is -2.42. The van der Waals surface area contributed by atoms with Crippen LogP contribution in [-0.2, 0) is 0 Å². The van der Waals surface area contributed by atoms with Crippen LogP contribution in [0.3, 0.4) is 0 Å². The third-order valence-corrected chi connectivity index (χ3v) is 4.37. The predicted octanol–water partition coefficient (Wildman–Crippen LogP) is 2.61. The fraction of sp³-hybridized carbons (Fsp3) is 0.562. The number of carbonyl (C=O) groups excluding carboxylic acids is 1. The molecule has 2 atom stereocenters. The van der Waals surface area contributed by atoms with E-state index >= 15 is 0 Å². The number of nitrogens with zero attached hydrogens (tertiary/aromatic N) is 1. The number of nitrogens with one attached hydrogen (secondary N) is 1. The van der Waals surface area contributed by atoms with Crippen molar-refractivity contribution in [2.75, 3.05) is 19.7 Å². The molecule has 0 aromatic heterocycles. The quantitative estimate of drug-likeness (QED) is 0.927. The molecule has 2 fully saturated rings. The third kappa shape index (κ3) is 3.06. The number of carbonyl (C=O) groups is 1. The summed E-state index contributed by atoms with van der Waals surface area (Å²) in [6, 6.07) is 5.04. The summed E-state index contributed by atoms with van der Waals surface area (Å²) < 4.78 is 19.3. The van der Waals surface area contributed by atoms with Crippen molar-refractivity contribution in [1.29, 1.82) is 0 Å². The van der Waals surface area contributed by atoms with Crippen molar-refractivity contribution in [3.8, 4) is 5.75 Å². The molecule has 4 nitrogen and oxygen atoms in total. The van der Waals surface area contributed by atoms with E-state index in [4.69, 9.17) is 4.74 Å². The molecule has 2 heterocycles. The lowest BCUT2D eigenvalue weighted by molar-refractivity contribution is 0.0675. The molecule has 2 aliphatic rings. The number of hydrogen-bond acceptors (Lipinski definition) is 3. The zero-order valence-electron chi connectivity index (χ0n) is 12.7. The van der Waals surface area contributed by atoms with Gasteiger partial charge in [0.05, 0.1) is 12.2 Å². The second kappa shape index (κ2) is 7.29. The lowest BCUT2D eigenvalue weighted by atomic mass is 10.1. The molecular weight excluding hydrogens is 307 g/mol. The standard InChI is InChI=1S/C16H21FN2O2.ClH/c1-2-21-15-13(4-3-5-14(15)17)16(20)19-11-6-7-12(19)10-18-9-8-11;/h3-5,11-12,18H,2,6-10H2,1H3;1H. The molecule has 2 bridgehead atoms. The second-order valence-electron chi connectivity index (χ2n) is 5.64. The van der Waals surface area contributed by atoms with Crippen molar-refractivity contribution in [3.05, 3.63) is 29.6 Å². The van der Waals surface area contributed by atoms with Gasteiger partial charge in [-0.1, -0.05) is 6.07 Å². The van der Waals surface area contributed by atoms with Gasteiger partial charge in [-0.3, -0.25) is 4.79 Å². The van der Waals surface area contributed by atoms with Crippen LogP contribution in [0, 0.1) is 5.82 Å². The SMILES string of the molecule is CCOc1c(F)cccc1C(=O)N1C2CCNCC1CC2.Cl. The third-order valence-electron chi connectivity index (χ3n) is 4.37. The zero-order chi connectivity index (χ0) is 14.8.